The first-order chi connectivity index (χ1) is 16.8. The van der Waals surface area contributed by atoms with E-state index in [0.29, 0.717) is 25.3 Å². The molecular weight excluding hydrogens is 449 g/mol. The fourth-order valence-corrected chi connectivity index (χ4v) is 4.01. The van der Waals surface area contributed by atoms with Crippen molar-refractivity contribution in [3.63, 3.8) is 0 Å². The van der Waals surface area contributed by atoms with E-state index in [-0.39, 0.29) is 29.9 Å². The Morgan fingerprint density at radius 3 is 2.60 bits per heavy atom. The van der Waals surface area contributed by atoms with E-state index in [1.54, 1.807) is 28.6 Å². The molecule has 1 atom stereocenters. The Labute approximate surface area is 203 Å². The smallest absolute Gasteiger partial charge is 0.272 e. The number of carbonyl (C=O) groups is 3. The van der Waals surface area contributed by atoms with Gasteiger partial charge in [-0.25, -0.2) is 4.39 Å². The molecule has 1 aliphatic heterocycles. The fraction of sp³-hybridized carbons (Fsp3) is 0.308. The third kappa shape index (κ3) is 5.92. The molecule has 1 aliphatic rings. The van der Waals surface area contributed by atoms with Crippen LogP contribution in [0.1, 0.15) is 51.0 Å². The third-order valence-corrected chi connectivity index (χ3v) is 5.89. The molecule has 0 saturated carbocycles. The molecule has 0 aliphatic carbocycles. The summed E-state index contributed by atoms with van der Waals surface area (Å²) >= 11 is 0. The summed E-state index contributed by atoms with van der Waals surface area (Å²) in [4.78, 5) is 40.1. The fourth-order valence-electron chi connectivity index (χ4n) is 4.01. The van der Waals surface area contributed by atoms with Crippen LogP contribution >= 0.6 is 0 Å². The molecule has 2 aromatic carbocycles. The van der Waals surface area contributed by atoms with Gasteiger partial charge in [0.15, 0.2) is 5.69 Å². The van der Waals surface area contributed by atoms with Crippen molar-refractivity contribution in [1.29, 1.82) is 0 Å². The molecule has 0 fully saturated rings. The average molecular weight is 478 g/mol. The molecule has 0 bridgehead atoms. The zero-order chi connectivity index (χ0) is 24.9. The number of hydrogen-bond acceptors (Lipinski definition) is 4. The Bertz CT molecular complexity index is 1240. The molecule has 2 heterocycles. The molecule has 3 aromatic rings. The van der Waals surface area contributed by atoms with Gasteiger partial charge in [0, 0.05) is 32.2 Å². The summed E-state index contributed by atoms with van der Waals surface area (Å²) in [5, 5.41) is 9.66. The topological polar surface area (TPSA) is 96.3 Å². The zero-order valence-corrected chi connectivity index (χ0v) is 19.8. The Morgan fingerprint density at radius 2 is 1.86 bits per heavy atom. The minimum absolute atomic E-state index is 0.0870. The van der Waals surface area contributed by atoms with Gasteiger partial charge in [-0.1, -0.05) is 42.0 Å². The van der Waals surface area contributed by atoms with Crippen LogP contribution in [0.2, 0.25) is 0 Å². The maximum absolute atomic E-state index is 13.2. The maximum Gasteiger partial charge on any atom is 0.272 e. The van der Waals surface area contributed by atoms with Gasteiger partial charge < -0.3 is 15.5 Å². The predicted molar refractivity (Wildman–Crippen MR) is 128 cm³/mol. The SMILES string of the molecule is Cc1cccc(CN2CCCn3nc(C(=O)NC(C)C(=O)NCc4ccc(F)cc4)cc3C2=O)c1. The number of nitrogens with zero attached hydrogens (tertiary/aromatic N) is 3. The van der Waals surface area contributed by atoms with Gasteiger partial charge in [-0.3, -0.25) is 19.1 Å². The largest absolute Gasteiger partial charge is 0.350 e. The molecule has 3 amide bonds. The first-order valence-corrected chi connectivity index (χ1v) is 11.6. The first-order valence-electron chi connectivity index (χ1n) is 11.6. The van der Waals surface area contributed by atoms with Gasteiger partial charge in [-0.05, 0) is 43.5 Å². The highest BCUT2D eigenvalue weighted by molar-refractivity contribution is 5.99. The quantitative estimate of drug-likeness (QED) is 0.547. The van der Waals surface area contributed by atoms with Crippen LogP contribution in [0.4, 0.5) is 4.39 Å². The van der Waals surface area contributed by atoms with E-state index in [9.17, 15) is 18.8 Å². The molecule has 0 spiro atoms. The highest BCUT2D eigenvalue weighted by atomic mass is 19.1. The van der Waals surface area contributed by atoms with Crippen LogP contribution in [0, 0.1) is 12.7 Å². The molecule has 0 radical (unpaired) electrons. The van der Waals surface area contributed by atoms with Crippen molar-refractivity contribution in [3.05, 3.63) is 88.5 Å². The van der Waals surface area contributed by atoms with Gasteiger partial charge >= 0.3 is 0 Å². The lowest BCUT2D eigenvalue weighted by Gasteiger charge is -2.20. The number of aryl methyl sites for hydroxylation is 2. The van der Waals surface area contributed by atoms with E-state index in [4.69, 9.17) is 0 Å². The standard InChI is InChI=1S/C26H28FN5O3/c1-17-5-3-6-20(13-17)16-31-11-4-12-32-23(26(31)35)14-22(30-32)25(34)29-18(2)24(33)28-15-19-7-9-21(27)10-8-19/h3,5-10,13-14,18H,4,11-12,15-16H2,1-2H3,(H,28,33)(H,29,34). The lowest BCUT2D eigenvalue weighted by atomic mass is 10.1. The summed E-state index contributed by atoms with van der Waals surface area (Å²) in [7, 11) is 0. The van der Waals surface area contributed by atoms with Crippen molar-refractivity contribution in [1.82, 2.24) is 25.3 Å². The van der Waals surface area contributed by atoms with Crippen LogP contribution in [0.15, 0.2) is 54.6 Å². The minimum Gasteiger partial charge on any atom is -0.350 e. The molecule has 1 aromatic heterocycles. The van der Waals surface area contributed by atoms with E-state index in [1.807, 2.05) is 25.1 Å². The first kappa shape index (κ1) is 24.1. The number of hydrogen-bond donors (Lipinski definition) is 2. The molecule has 35 heavy (non-hydrogen) atoms. The van der Waals surface area contributed by atoms with Crippen molar-refractivity contribution in [3.8, 4) is 0 Å². The number of halogens is 1. The molecule has 1 unspecified atom stereocenters. The second kappa shape index (κ2) is 10.5. The zero-order valence-electron chi connectivity index (χ0n) is 19.8. The molecule has 8 nitrogen and oxygen atoms in total. The number of aromatic nitrogens is 2. The summed E-state index contributed by atoms with van der Waals surface area (Å²) in [5.74, 6) is -1.45. The second-order valence-corrected chi connectivity index (χ2v) is 8.75. The van der Waals surface area contributed by atoms with Crippen LogP contribution in [0.5, 0.6) is 0 Å². The van der Waals surface area contributed by atoms with Crippen LogP contribution in [0.25, 0.3) is 0 Å². The molecule has 9 heteroatoms. The van der Waals surface area contributed by atoms with E-state index < -0.39 is 11.9 Å². The van der Waals surface area contributed by atoms with E-state index in [0.717, 1.165) is 23.1 Å². The number of carbonyl (C=O) groups excluding carboxylic acids is 3. The van der Waals surface area contributed by atoms with Crippen molar-refractivity contribution in [2.75, 3.05) is 6.54 Å². The van der Waals surface area contributed by atoms with Crippen molar-refractivity contribution in [2.24, 2.45) is 0 Å². The molecule has 2 N–H and O–H groups in total. The van der Waals surface area contributed by atoms with Gasteiger partial charge in [-0.15, -0.1) is 0 Å². The molecule has 182 valence electrons. The number of benzene rings is 2. The predicted octanol–water partition coefficient (Wildman–Crippen LogP) is 2.81. The van der Waals surface area contributed by atoms with Gasteiger partial charge in [0.05, 0.1) is 0 Å². The monoisotopic (exact) mass is 477 g/mol. The number of rotatable bonds is 7. The van der Waals surface area contributed by atoms with Crippen molar-refractivity contribution >= 4 is 17.7 Å². The van der Waals surface area contributed by atoms with E-state index in [2.05, 4.69) is 21.8 Å². The normalized spacial score (nSPS) is 14.1. The summed E-state index contributed by atoms with van der Waals surface area (Å²) in [5.41, 5.74) is 3.36. The summed E-state index contributed by atoms with van der Waals surface area (Å²) in [6, 6.07) is 14.5. The number of amides is 3. The van der Waals surface area contributed by atoms with Crippen molar-refractivity contribution < 1.29 is 18.8 Å². The lowest BCUT2D eigenvalue weighted by Crippen LogP contribution is -2.44. The summed E-state index contributed by atoms with van der Waals surface area (Å²) < 4.78 is 14.6. The van der Waals surface area contributed by atoms with E-state index >= 15 is 0 Å². The average Bonchev–Trinajstić information content (AvgIpc) is 3.21. The highest BCUT2D eigenvalue weighted by Gasteiger charge is 2.27. The lowest BCUT2D eigenvalue weighted by molar-refractivity contribution is -0.122. The van der Waals surface area contributed by atoms with E-state index in [1.165, 1.54) is 18.2 Å². The highest BCUT2D eigenvalue weighted by Crippen LogP contribution is 2.17. The Kier molecular flexibility index (Phi) is 7.24. The van der Waals surface area contributed by atoms with Crippen LogP contribution in [0.3, 0.4) is 0 Å². The van der Waals surface area contributed by atoms with Crippen molar-refractivity contribution in [2.45, 2.75) is 45.9 Å². The third-order valence-electron chi connectivity index (χ3n) is 5.89. The van der Waals surface area contributed by atoms with Crippen LogP contribution < -0.4 is 10.6 Å². The summed E-state index contributed by atoms with van der Waals surface area (Å²) in [6.45, 7) is 5.39. The Hall–Kier alpha value is -4.01. The second-order valence-electron chi connectivity index (χ2n) is 8.75. The number of nitrogens with one attached hydrogen (secondary N) is 2. The van der Waals surface area contributed by atoms with Crippen LogP contribution in [-0.2, 0) is 24.4 Å². The molecular formula is C26H28FN5O3. The van der Waals surface area contributed by atoms with Gasteiger partial charge in [0.1, 0.15) is 17.6 Å². The van der Waals surface area contributed by atoms with Gasteiger partial charge in [0.25, 0.3) is 11.8 Å². The molecule has 0 saturated heterocycles. The molecule has 4 rings (SSSR count). The minimum atomic E-state index is -0.821. The Morgan fingerprint density at radius 1 is 1.09 bits per heavy atom. The van der Waals surface area contributed by atoms with Crippen LogP contribution in [-0.4, -0.2) is 45.0 Å². The van der Waals surface area contributed by atoms with Gasteiger partial charge in [-0.2, -0.15) is 5.10 Å². The summed E-state index contributed by atoms with van der Waals surface area (Å²) in [6.07, 6.45) is 0.718. The maximum atomic E-state index is 13.2. The Balaban J connectivity index is 1.38. The number of fused-ring (bicyclic) bond motifs is 1. The van der Waals surface area contributed by atoms with Gasteiger partial charge in [0.2, 0.25) is 5.91 Å².